The Morgan fingerprint density at radius 2 is 2.27 bits per heavy atom. The van der Waals surface area contributed by atoms with Crippen LogP contribution in [0.4, 0.5) is 0 Å². The Morgan fingerprint density at radius 1 is 1.64 bits per heavy atom. The first-order valence-corrected chi connectivity index (χ1v) is 4.13. The van der Waals surface area contributed by atoms with Gasteiger partial charge in [-0.15, -0.1) is 0 Å². The van der Waals surface area contributed by atoms with Crippen LogP contribution in [0.15, 0.2) is 23.8 Å². The second-order valence-corrected chi connectivity index (χ2v) is 3.46. The van der Waals surface area contributed by atoms with Gasteiger partial charge >= 0.3 is 0 Å². The molecule has 0 saturated heterocycles. The summed E-state index contributed by atoms with van der Waals surface area (Å²) < 4.78 is 0. The van der Waals surface area contributed by atoms with Gasteiger partial charge in [-0.3, -0.25) is 0 Å². The van der Waals surface area contributed by atoms with Crippen LogP contribution in [-0.4, -0.2) is 11.2 Å². The van der Waals surface area contributed by atoms with Gasteiger partial charge in [-0.1, -0.05) is 18.2 Å². The van der Waals surface area contributed by atoms with Gasteiger partial charge in [0, 0.05) is 0 Å². The summed E-state index contributed by atoms with van der Waals surface area (Å²) in [6.07, 6.45) is 3.87. The van der Waals surface area contributed by atoms with E-state index in [0.29, 0.717) is 5.92 Å². The first-order valence-electron chi connectivity index (χ1n) is 4.13. The summed E-state index contributed by atoms with van der Waals surface area (Å²) in [5.41, 5.74) is 2.31. The van der Waals surface area contributed by atoms with Crippen molar-refractivity contribution in [1.29, 1.82) is 0 Å². The third kappa shape index (κ3) is 1.93. The molecule has 1 heteroatoms. The van der Waals surface area contributed by atoms with Crippen molar-refractivity contribution in [3.05, 3.63) is 23.8 Å². The third-order valence-electron chi connectivity index (χ3n) is 2.37. The lowest BCUT2D eigenvalue weighted by atomic mass is 9.86. The van der Waals surface area contributed by atoms with E-state index in [1.807, 2.05) is 13.8 Å². The van der Waals surface area contributed by atoms with Crippen molar-refractivity contribution in [3.8, 4) is 0 Å². The highest BCUT2D eigenvalue weighted by Gasteiger charge is 2.17. The van der Waals surface area contributed by atoms with Crippen LogP contribution in [0.2, 0.25) is 0 Å². The summed E-state index contributed by atoms with van der Waals surface area (Å²) in [6.45, 7) is 7.95. The molecule has 0 heterocycles. The van der Waals surface area contributed by atoms with Gasteiger partial charge in [-0.25, -0.2) is 0 Å². The van der Waals surface area contributed by atoms with E-state index in [9.17, 15) is 5.11 Å². The van der Waals surface area contributed by atoms with Crippen molar-refractivity contribution in [2.45, 2.75) is 32.8 Å². The molecule has 0 aromatic rings. The summed E-state index contributed by atoms with van der Waals surface area (Å²) in [7, 11) is 0. The zero-order chi connectivity index (χ0) is 8.43. The van der Waals surface area contributed by atoms with Crippen molar-refractivity contribution in [2.24, 2.45) is 5.92 Å². The Kier molecular flexibility index (Phi) is 2.50. The number of rotatable bonds is 1. The molecule has 1 rings (SSSR count). The normalized spacial score (nSPS) is 31.4. The summed E-state index contributed by atoms with van der Waals surface area (Å²) >= 11 is 0. The number of hydrogen-bond donors (Lipinski definition) is 1. The summed E-state index contributed by atoms with van der Waals surface area (Å²) in [5, 5.41) is 9.38. The molecule has 2 atom stereocenters. The van der Waals surface area contributed by atoms with Gasteiger partial charge in [-0.2, -0.15) is 0 Å². The van der Waals surface area contributed by atoms with E-state index in [1.165, 1.54) is 5.57 Å². The number of hydrogen-bond acceptors (Lipinski definition) is 1. The first-order chi connectivity index (χ1) is 5.11. The van der Waals surface area contributed by atoms with E-state index in [4.69, 9.17) is 0 Å². The smallest absolute Gasteiger partial charge is 0.0748 e. The van der Waals surface area contributed by atoms with E-state index in [-0.39, 0.29) is 6.10 Å². The molecule has 1 nitrogen and oxygen atoms in total. The van der Waals surface area contributed by atoms with Crippen LogP contribution in [-0.2, 0) is 0 Å². The van der Waals surface area contributed by atoms with Gasteiger partial charge < -0.3 is 5.11 Å². The van der Waals surface area contributed by atoms with Crippen molar-refractivity contribution < 1.29 is 5.11 Å². The topological polar surface area (TPSA) is 20.2 Å². The van der Waals surface area contributed by atoms with Gasteiger partial charge in [0.1, 0.15) is 0 Å². The summed E-state index contributed by atoms with van der Waals surface area (Å²) in [4.78, 5) is 0. The SMILES string of the molecule is C=C(C)C1C=C(C)C(O)CC1. The number of allylic oxidation sites excluding steroid dienone is 2. The van der Waals surface area contributed by atoms with E-state index in [0.717, 1.165) is 18.4 Å². The molecule has 0 spiro atoms. The molecule has 1 aliphatic rings. The molecule has 2 unspecified atom stereocenters. The van der Waals surface area contributed by atoms with Gasteiger partial charge in [0.05, 0.1) is 6.10 Å². The fourth-order valence-electron chi connectivity index (χ4n) is 1.47. The van der Waals surface area contributed by atoms with Crippen molar-refractivity contribution in [2.75, 3.05) is 0 Å². The molecule has 11 heavy (non-hydrogen) atoms. The van der Waals surface area contributed by atoms with E-state index < -0.39 is 0 Å². The zero-order valence-electron chi connectivity index (χ0n) is 7.30. The molecule has 62 valence electrons. The second kappa shape index (κ2) is 3.22. The lowest BCUT2D eigenvalue weighted by molar-refractivity contribution is 0.185. The van der Waals surface area contributed by atoms with Gasteiger partial charge in [-0.05, 0) is 38.2 Å². The largest absolute Gasteiger partial charge is 0.389 e. The maximum Gasteiger partial charge on any atom is 0.0748 e. The number of aliphatic hydroxyl groups is 1. The Morgan fingerprint density at radius 3 is 2.73 bits per heavy atom. The Labute approximate surface area is 68.4 Å². The molecule has 0 saturated carbocycles. The number of aliphatic hydroxyl groups excluding tert-OH is 1. The van der Waals surface area contributed by atoms with Crippen molar-refractivity contribution in [3.63, 3.8) is 0 Å². The monoisotopic (exact) mass is 152 g/mol. The van der Waals surface area contributed by atoms with Gasteiger partial charge in [0.25, 0.3) is 0 Å². The van der Waals surface area contributed by atoms with Crippen LogP contribution >= 0.6 is 0 Å². The highest BCUT2D eigenvalue weighted by atomic mass is 16.3. The molecule has 0 fully saturated rings. The fraction of sp³-hybridized carbons (Fsp3) is 0.600. The third-order valence-corrected chi connectivity index (χ3v) is 2.37. The molecule has 0 amide bonds. The summed E-state index contributed by atoms with van der Waals surface area (Å²) in [6, 6.07) is 0. The molecule has 0 bridgehead atoms. The van der Waals surface area contributed by atoms with E-state index >= 15 is 0 Å². The Balaban J connectivity index is 2.69. The molecule has 1 N–H and O–H groups in total. The molecule has 0 aromatic heterocycles. The highest BCUT2D eigenvalue weighted by Crippen LogP contribution is 2.27. The van der Waals surface area contributed by atoms with Gasteiger partial charge in [0.15, 0.2) is 0 Å². The minimum Gasteiger partial charge on any atom is -0.389 e. The molecule has 0 radical (unpaired) electrons. The predicted octanol–water partition coefficient (Wildman–Crippen LogP) is 2.28. The second-order valence-electron chi connectivity index (χ2n) is 3.46. The van der Waals surface area contributed by atoms with Crippen molar-refractivity contribution in [1.82, 2.24) is 0 Å². The van der Waals surface area contributed by atoms with Gasteiger partial charge in [0.2, 0.25) is 0 Å². The summed E-state index contributed by atoms with van der Waals surface area (Å²) in [5.74, 6) is 0.499. The lowest BCUT2D eigenvalue weighted by Gasteiger charge is -2.23. The van der Waals surface area contributed by atoms with Crippen LogP contribution in [0.25, 0.3) is 0 Å². The Bertz CT molecular complexity index is 191. The van der Waals surface area contributed by atoms with Crippen LogP contribution < -0.4 is 0 Å². The lowest BCUT2D eigenvalue weighted by Crippen LogP contribution is -2.17. The average Bonchev–Trinajstić information content (AvgIpc) is 1.94. The standard InChI is InChI=1S/C10H16O/c1-7(2)9-4-5-10(11)8(3)6-9/h6,9-11H,1,4-5H2,2-3H3. The average molecular weight is 152 g/mol. The molecule has 1 aliphatic carbocycles. The molecular formula is C10H16O. The minimum atomic E-state index is -0.203. The quantitative estimate of drug-likeness (QED) is 0.571. The first kappa shape index (κ1) is 8.54. The highest BCUT2D eigenvalue weighted by molar-refractivity contribution is 5.17. The van der Waals surface area contributed by atoms with Crippen LogP contribution in [0.1, 0.15) is 26.7 Å². The molecule has 0 aliphatic heterocycles. The van der Waals surface area contributed by atoms with E-state index in [2.05, 4.69) is 12.7 Å². The molecular weight excluding hydrogens is 136 g/mol. The maximum absolute atomic E-state index is 9.38. The van der Waals surface area contributed by atoms with Crippen LogP contribution in [0.3, 0.4) is 0 Å². The Hall–Kier alpha value is -0.560. The molecule has 0 aromatic carbocycles. The zero-order valence-corrected chi connectivity index (χ0v) is 7.30. The van der Waals surface area contributed by atoms with E-state index in [1.54, 1.807) is 0 Å². The van der Waals surface area contributed by atoms with Crippen LogP contribution in [0.5, 0.6) is 0 Å². The minimum absolute atomic E-state index is 0.203. The van der Waals surface area contributed by atoms with Crippen molar-refractivity contribution >= 4 is 0 Å². The maximum atomic E-state index is 9.38. The fourth-order valence-corrected chi connectivity index (χ4v) is 1.47. The van der Waals surface area contributed by atoms with Crippen LogP contribution in [0, 0.1) is 5.92 Å². The predicted molar refractivity (Wildman–Crippen MR) is 47.3 cm³/mol.